The van der Waals surface area contributed by atoms with E-state index in [2.05, 4.69) is 0 Å². The SMILES string of the molecule is CC(=O)SC(C)OCCOC(C)SC(C)=O. The molecule has 6 heteroatoms. The third-order valence-corrected chi connectivity index (χ3v) is 3.05. The van der Waals surface area contributed by atoms with E-state index in [1.165, 1.54) is 13.8 Å². The Hall–Kier alpha value is -0.0400. The second-order valence-electron chi connectivity index (χ2n) is 3.10. The average molecular weight is 266 g/mol. The molecule has 0 aliphatic rings. The topological polar surface area (TPSA) is 52.6 Å². The summed E-state index contributed by atoms with van der Waals surface area (Å²) in [5, 5.41) is 0.0721. The normalized spacial score (nSPS) is 14.5. The largest absolute Gasteiger partial charge is 0.365 e. The van der Waals surface area contributed by atoms with Crippen LogP contribution >= 0.6 is 23.5 Å². The molecule has 0 aromatic rings. The number of carbonyl (C=O) groups is 2. The number of hydrogen-bond acceptors (Lipinski definition) is 6. The lowest BCUT2D eigenvalue weighted by Crippen LogP contribution is -2.14. The fraction of sp³-hybridized carbons (Fsp3) is 0.800. The van der Waals surface area contributed by atoms with Crippen LogP contribution in [-0.4, -0.2) is 34.3 Å². The second kappa shape index (κ2) is 9.04. The Morgan fingerprint density at radius 1 is 0.938 bits per heavy atom. The van der Waals surface area contributed by atoms with Crippen molar-refractivity contribution in [1.29, 1.82) is 0 Å². The van der Waals surface area contributed by atoms with E-state index in [4.69, 9.17) is 9.47 Å². The zero-order chi connectivity index (χ0) is 12.6. The predicted octanol–water partition coefficient (Wildman–Crippen LogP) is 2.27. The Bertz CT molecular complexity index is 209. The number of thioether (sulfide) groups is 2. The zero-order valence-corrected chi connectivity index (χ0v) is 11.7. The summed E-state index contributed by atoms with van der Waals surface area (Å²) >= 11 is 2.30. The summed E-state index contributed by atoms with van der Waals surface area (Å²) in [7, 11) is 0. The fourth-order valence-electron chi connectivity index (χ4n) is 0.964. The highest BCUT2D eigenvalue weighted by Crippen LogP contribution is 2.14. The highest BCUT2D eigenvalue weighted by molar-refractivity contribution is 8.14. The van der Waals surface area contributed by atoms with Gasteiger partial charge in [-0.05, 0) is 13.8 Å². The van der Waals surface area contributed by atoms with Crippen LogP contribution in [0.3, 0.4) is 0 Å². The molecule has 0 aliphatic heterocycles. The molecule has 2 unspecified atom stereocenters. The standard InChI is InChI=1S/C10H18O4S2/c1-7(11)15-9(3)13-5-6-14-10(4)16-8(2)12/h9-10H,5-6H2,1-4H3. The van der Waals surface area contributed by atoms with Gasteiger partial charge in [-0.2, -0.15) is 0 Å². The first-order chi connectivity index (χ1) is 7.41. The molecule has 94 valence electrons. The minimum atomic E-state index is -0.156. The Morgan fingerprint density at radius 2 is 1.25 bits per heavy atom. The summed E-state index contributed by atoms with van der Waals surface area (Å²) in [5.41, 5.74) is -0.311. The monoisotopic (exact) mass is 266 g/mol. The first-order valence-electron chi connectivity index (χ1n) is 4.99. The lowest BCUT2D eigenvalue weighted by molar-refractivity contribution is -0.110. The Kier molecular flexibility index (Phi) is 9.02. The van der Waals surface area contributed by atoms with Crippen LogP contribution in [0.2, 0.25) is 0 Å². The molecule has 0 aromatic heterocycles. The van der Waals surface area contributed by atoms with Gasteiger partial charge >= 0.3 is 0 Å². The van der Waals surface area contributed by atoms with Crippen LogP contribution in [-0.2, 0) is 19.1 Å². The van der Waals surface area contributed by atoms with Crippen LogP contribution in [0.4, 0.5) is 0 Å². The van der Waals surface area contributed by atoms with Crippen molar-refractivity contribution in [3.05, 3.63) is 0 Å². The summed E-state index contributed by atoms with van der Waals surface area (Å²) in [4.78, 5) is 21.5. The molecule has 0 radical (unpaired) electrons. The van der Waals surface area contributed by atoms with Crippen LogP contribution in [0.15, 0.2) is 0 Å². The zero-order valence-electron chi connectivity index (χ0n) is 10.0. The molecule has 0 bridgehead atoms. The third kappa shape index (κ3) is 10.5. The van der Waals surface area contributed by atoms with Crippen molar-refractivity contribution in [3.63, 3.8) is 0 Å². The van der Waals surface area contributed by atoms with Gasteiger partial charge in [0.2, 0.25) is 0 Å². The molecular weight excluding hydrogens is 248 g/mol. The van der Waals surface area contributed by atoms with Gasteiger partial charge in [0.25, 0.3) is 0 Å². The fourth-order valence-corrected chi connectivity index (χ4v) is 2.23. The van der Waals surface area contributed by atoms with Gasteiger partial charge < -0.3 is 9.47 Å². The van der Waals surface area contributed by atoms with Crippen molar-refractivity contribution in [1.82, 2.24) is 0 Å². The first kappa shape index (κ1) is 16.0. The molecule has 0 aliphatic carbocycles. The average Bonchev–Trinajstić information content (AvgIpc) is 2.10. The molecule has 0 aromatic carbocycles. The molecule has 0 saturated heterocycles. The van der Waals surface area contributed by atoms with Gasteiger partial charge in [-0.1, -0.05) is 23.5 Å². The van der Waals surface area contributed by atoms with Crippen LogP contribution in [0.25, 0.3) is 0 Å². The smallest absolute Gasteiger partial charge is 0.188 e. The lowest BCUT2D eigenvalue weighted by atomic mass is 10.7. The molecule has 2 atom stereocenters. The minimum Gasteiger partial charge on any atom is -0.365 e. The highest BCUT2D eigenvalue weighted by Gasteiger charge is 2.08. The van der Waals surface area contributed by atoms with Crippen LogP contribution in [0.5, 0.6) is 0 Å². The molecule has 0 spiro atoms. The summed E-state index contributed by atoms with van der Waals surface area (Å²) in [5.74, 6) is 0. The van der Waals surface area contributed by atoms with Crippen molar-refractivity contribution in [2.45, 2.75) is 38.6 Å². The second-order valence-corrected chi connectivity index (χ2v) is 6.04. The first-order valence-corrected chi connectivity index (χ1v) is 6.75. The molecule has 4 nitrogen and oxygen atoms in total. The van der Waals surface area contributed by atoms with Gasteiger partial charge in [0, 0.05) is 13.8 Å². The summed E-state index contributed by atoms with van der Waals surface area (Å²) in [6.45, 7) is 7.49. The summed E-state index contributed by atoms with van der Waals surface area (Å²) in [6, 6.07) is 0. The summed E-state index contributed by atoms with van der Waals surface area (Å²) < 4.78 is 10.7. The van der Waals surface area contributed by atoms with Crippen LogP contribution < -0.4 is 0 Å². The van der Waals surface area contributed by atoms with Crippen LogP contribution in [0.1, 0.15) is 27.7 Å². The van der Waals surface area contributed by atoms with Gasteiger partial charge in [-0.15, -0.1) is 0 Å². The molecule has 0 heterocycles. The van der Waals surface area contributed by atoms with E-state index in [9.17, 15) is 9.59 Å². The van der Waals surface area contributed by atoms with Gasteiger partial charge in [0.1, 0.15) is 10.9 Å². The molecular formula is C10H18O4S2. The van der Waals surface area contributed by atoms with E-state index in [1.54, 1.807) is 0 Å². The van der Waals surface area contributed by atoms with E-state index in [-0.39, 0.29) is 21.1 Å². The molecule has 0 fully saturated rings. The van der Waals surface area contributed by atoms with Gasteiger partial charge in [0.05, 0.1) is 13.2 Å². The third-order valence-electron chi connectivity index (χ3n) is 1.45. The van der Waals surface area contributed by atoms with E-state index < -0.39 is 0 Å². The molecule has 0 rings (SSSR count). The Balaban J connectivity index is 3.45. The van der Waals surface area contributed by atoms with Crippen molar-refractivity contribution >= 4 is 33.8 Å². The maximum atomic E-state index is 10.7. The van der Waals surface area contributed by atoms with Crippen molar-refractivity contribution in [2.24, 2.45) is 0 Å². The lowest BCUT2D eigenvalue weighted by Gasteiger charge is -2.13. The van der Waals surface area contributed by atoms with Crippen LogP contribution in [0, 0.1) is 0 Å². The maximum absolute atomic E-state index is 10.7. The minimum absolute atomic E-state index is 0.0360. The summed E-state index contributed by atoms with van der Waals surface area (Å²) in [6.07, 6.45) is 0. The van der Waals surface area contributed by atoms with E-state index in [0.29, 0.717) is 13.2 Å². The van der Waals surface area contributed by atoms with Gasteiger partial charge in [0.15, 0.2) is 10.2 Å². The number of ether oxygens (including phenoxy) is 2. The number of rotatable bonds is 7. The van der Waals surface area contributed by atoms with E-state index >= 15 is 0 Å². The van der Waals surface area contributed by atoms with E-state index in [1.807, 2.05) is 13.8 Å². The predicted molar refractivity (Wildman–Crippen MR) is 67.4 cm³/mol. The Morgan fingerprint density at radius 3 is 1.50 bits per heavy atom. The number of hydrogen-bond donors (Lipinski definition) is 0. The Labute approximate surface area is 105 Å². The molecule has 0 N–H and O–H groups in total. The van der Waals surface area contributed by atoms with Crippen molar-refractivity contribution in [2.75, 3.05) is 13.2 Å². The molecule has 0 saturated carbocycles. The van der Waals surface area contributed by atoms with E-state index in [0.717, 1.165) is 23.5 Å². The van der Waals surface area contributed by atoms with Gasteiger partial charge in [-0.3, -0.25) is 9.59 Å². The molecule has 0 amide bonds. The van der Waals surface area contributed by atoms with Gasteiger partial charge in [-0.25, -0.2) is 0 Å². The van der Waals surface area contributed by atoms with Crippen molar-refractivity contribution in [3.8, 4) is 0 Å². The highest BCUT2D eigenvalue weighted by atomic mass is 32.2. The maximum Gasteiger partial charge on any atom is 0.188 e. The number of carbonyl (C=O) groups excluding carboxylic acids is 2. The molecule has 16 heavy (non-hydrogen) atoms. The quantitative estimate of drug-likeness (QED) is 0.520. The van der Waals surface area contributed by atoms with Crippen molar-refractivity contribution < 1.29 is 19.1 Å².